The van der Waals surface area contributed by atoms with Crippen molar-refractivity contribution in [2.45, 2.75) is 33.7 Å². The summed E-state index contributed by atoms with van der Waals surface area (Å²) in [5.41, 5.74) is 3.31. The lowest BCUT2D eigenvalue weighted by Crippen LogP contribution is -2.27. The van der Waals surface area contributed by atoms with Crippen LogP contribution in [-0.4, -0.2) is 20.6 Å². The number of carbonyl (C=O) groups is 1. The van der Waals surface area contributed by atoms with E-state index in [4.69, 9.17) is 16.1 Å². The van der Waals surface area contributed by atoms with E-state index >= 15 is 0 Å². The maximum absolute atomic E-state index is 12.7. The minimum Gasteiger partial charge on any atom is -0.340 e. The summed E-state index contributed by atoms with van der Waals surface area (Å²) < 4.78 is 7.11. The van der Waals surface area contributed by atoms with Crippen molar-refractivity contribution in [3.63, 3.8) is 0 Å². The number of nitrogens with zero attached hydrogens (tertiary/aromatic N) is 3. The average molecular weight is 359 g/mol. The van der Waals surface area contributed by atoms with Gasteiger partial charge in [-0.15, -0.1) is 0 Å². The van der Waals surface area contributed by atoms with Gasteiger partial charge < -0.3 is 14.4 Å². The molecule has 1 atom stereocenters. The second-order valence-electron chi connectivity index (χ2n) is 5.98. The maximum atomic E-state index is 12.7. The molecule has 0 fully saturated rings. The van der Waals surface area contributed by atoms with Gasteiger partial charge in [-0.2, -0.15) is 4.98 Å². The topological polar surface area (TPSA) is 73.0 Å². The quantitative estimate of drug-likeness (QED) is 0.766. The van der Waals surface area contributed by atoms with Crippen LogP contribution in [0.15, 0.2) is 34.9 Å². The van der Waals surface area contributed by atoms with Crippen molar-refractivity contribution in [2.24, 2.45) is 0 Å². The Labute approximate surface area is 150 Å². The van der Waals surface area contributed by atoms with Crippen molar-refractivity contribution < 1.29 is 9.32 Å². The van der Waals surface area contributed by atoms with E-state index in [2.05, 4.69) is 15.5 Å². The first-order valence-electron chi connectivity index (χ1n) is 7.92. The molecule has 0 aliphatic rings. The molecule has 2 heterocycles. The Kier molecular flexibility index (Phi) is 4.63. The highest BCUT2D eigenvalue weighted by Gasteiger charge is 2.21. The first-order chi connectivity index (χ1) is 11.9. The molecule has 0 radical (unpaired) electrons. The van der Waals surface area contributed by atoms with Crippen molar-refractivity contribution in [2.75, 3.05) is 0 Å². The third-order valence-corrected chi connectivity index (χ3v) is 4.24. The summed E-state index contributed by atoms with van der Waals surface area (Å²) >= 11 is 6.09. The van der Waals surface area contributed by atoms with Crippen molar-refractivity contribution in [1.82, 2.24) is 20.0 Å². The zero-order chi connectivity index (χ0) is 18.1. The fourth-order valence-corrected chi connectivity index (χ4v) is 3.01. The zero-order valence-electron chi connectivity index (χ0n) is 14.5. The van der Waals surface area contributed by atoms with Gasteiger partial charge in [0.1, 0.15) is 6.04 Å². The van der Waals surface area contributed by atoms with Gasteiger partial charge in [0.25, 0.3) is 5.91 Å². The lowest BCUT2D eigenvalue weighted by Gasteiger charge is -2.12. The highest BCUT2D eigenvalue weighted by atomic mass is 35.5. The molecular formula is C18H19ClN4O2. The summed E-state index contributed by atoms with van der Waals surface area (Å²) in [6, 6.07) is 9.02. The number of hydrogen-bond donors (Lipinski definition) is 1. The van der Waals surface area contributed by atoms with Crippen LogP contribution in [0.4, 0.5) is 0 Å². The number of aryl methyl sites for hydroxylation is 2. The molecular weight excluding hydrogens is 340 g/mol. The first-order valence-corrected chi connectivity index (χ1v) is 8.30. The molecule has 1 unspecified atom stereocenters. The van der Waals surface area contributed by atoms with Crippen LogP contribution >= 0.6 is 11.6 Å². The van der Waals surface area contributed by atoms with Crippen LogP contribution in [-0.2, 0) is 0 Å². The van der Waals surface area contributed by atoms with E-state index in [1.165, 1.54) is 0 Å². The Hall–Kier alpha value is -2.60. The molecule has 130 valence electrons. The van der Waals surface area contributed by atoms with Crippen LogP contribution in [0.5, 0.6) is 0 Å². The molecule has 2 aromatic heterocycles. The minimum atomic E-state index is -0.372. The Morgan fingerprint density at radius 1 is 1.28 bits per heavy atom. The van der Waals surface area contributed by atoms with Crippen molar-refractivity contribution in [1.29, 1.82) is 0 Å². The monoisotopic (exact) mass is 358 g/mol. The van der Waals surface area contributed by atoms with E-state index in [-0.39, 0.29) is 11.9 Å². The summed E-state index contributed by atoms with van der Waals surface area (Å²) in [6.07, 6.45) is 0. The van der Waals surface area contributed by atoms with Gasteiger partial charge in [0.15, 0.2) is 5.82 Å². The highest BCUT2D eigenvalue weighted by Crippen LogP contribution is 2.23. The number of rotatable bonds is 4. The number of aromatic nitrogens is 3. The lowest BCUT2D eigenvalue weighted by atomic mass is 10.2. The van der Waals surface area contributed by atoms with Crippen molar-refractivity contribution in [3.8, 4) is 5.69 Å². The molecule has 1 aromatic carbocycles. The Bertz CT molecular complexity index is 929. The number of benzene rings is 1. The number of halogens is 1. The van der Waals surface area contributed by atoms with E-state index in [1.54, 1.807) is 13.8 Å². The van der Waals surface area contributed by atoms with Gasteiger partial charge in [-0.05, 0) is 52.0 Å². The molecule has 0 spiro atoms. The van der Waals surface area contributed by atoms with Crippen LogP contribution in [0.2, 0.25) is 5.02 Å². The minimum absolute atomic E-state index is 0.190. The molecule has 0 aliphatic heterocycles. The van der Waals surface area contributed by atoms with Crippen LogP contribution in [0, 0.1) is 20.8 Å². The van der Waals surface area contributed by atoms with Gasteiger partial charge in [-0.1, -0.05) is 22.8 Å². The summed E-state index contributed by atoms with van der Waals surface area (Å²) in [7, 11) is 0. The predicted molar refractivity (Wildman–Crippen MR) is 95.2 cm³/mol. The molecule has 3 rings (SSSR count). The average Bonchev–Trinajstić information content (AvgIpc) is 3.11. The predicted octanol–water partition coefficient (Wildman–Crippen LogP) is 3.93. The van der Waals surface area contributed by atoms with Gasteiger partial charge in [-0.25, -0.2) is 0 Å². The van der Waals surface area contributed by atoms with E-state index in [9.17, 15) is 4.79 Å². The van der Waals surface area contributed by atoms with Gasteiger partial charge >= 0.3 is 0 Å². The lowest BCUT2D eigenvalue weighted by molar-refractivity contribution is 0.0932. The molecule has 0 aliphatic carbocycles. The number of amides is 1. The molecule has 6 nitrogen and oxygen atoms in total. The smallest absolute Gasteiger partial charge is 0.253 e. The standard InChI is InChI=1S/C18H19ClN4O2/c1-10-8-16(12(3)23(10)15-7-5-6-14(19)9-15)17(24)20-11(2)18-21-13(4)22-25-18/h5-9,11H,1-4H3,(H,20,24). The Balaban J connectivity index is 1.88. The molecule has 0 saturated heterocycles. The number of carbonyl (C=O) groups excluding carboxylic acids is 1. The molecule has 7 heteroatoms. The second kappa shape index (κ2) is 6.72. The van der Waals surface area contributed by atoms with E-state index in [1.807, 2.05) is 48.7 Å². The van der Waals surface area contributed by atoms with Crippen LogP contribution in [0.25, 0.3) is 5.69 Å². The molecule has 1 amide bonds. The Morgan fingerprint density at radius 2 is 2.04 bits per heavy atom. The van der Waals surface area contributed by atoms with Crippen LogP contribution in [0.3, 0.4) is 0 Å². The SMILES string of the molecule is Cc1noc(C(C)NC(=O)c2cc(C)n(-c3cccc(Cl)c3)c2C)n1. The summed E-state index contributed by atoms with van der Waals surface area (Å²) in [5.74, 6) is 0.731. The molecule has 0 saturated carbocycles. The molecule has 0 bridgehead atoms. The van der Waals surface area contributed by atoms with E-state index in [0.717, 1.165) is 17.1 Å². The molecule has 25 heavy (non-hydrogen) atoms. The number of hydrogen-bond acceptors (Lipinski definition) is 4. The summed E-state index contributed by atoms with van der Waals surface area (Å²) in [4.78, 5) is 16.8. The largest absolute Gasteiger partial charge is 0.340 e. The molecule has 1 N–H and O–H groups in total. The van der Waals surface area contributed by atoms with Gasteiger partial charge in [0.2, 0.25) is 5.89 Å². The van der Waals surface area contributed by atoms with Gasteiger partial charge in [0.05, 0.1) is 5.56 Å². The van der Waals surface area contributed by atoms with E-state index < -0.39 is 0 Å². The summed E-state index contributed by atoms with van der Waals surface area (Å²) in [6.45, 7) is 7.40. The highest BCUT2D eigenvalue weighted by molar-refractivity contribution is 6.30. The maximum Gasteiger partial charge on any atom is 0.253 e. The third-order valence-electron chi connectivity index (χ3n) is 4.00. The fraction of sp³-hybridized carbons (Fsp3) is 0.278. The normalized spacial score (nSPS) is 12.2. The first kappa shape index (κ1) is 17.2. The van der Waals surface area contributed by atoms with Gasteiger partial charge in [-0.3, -0.25) is 4.79 Å². The van der Waals surface area contributed by atoms with E-state index in [0.29, 0.717) is 22.3 Å². The van der Waals surface area contributed by atoms with Crippen molar-refractivity contribution >= 4 is 17.5 Å². The Morgan fingerprint density at radius 3 is 2.68 bits per heavy atom. The summed E-state index contributed by atoms with van der Waals surface area (Å²) in [5, 5.41) is 7.29. The zero-order valence-corrected chi connectivity index (χ0v) is 15.3. The third kappa shape index (κ3) is 3.44. The number of nitrogens with one attached hydrogen (secondary N) is 1. The van der Waals surface area contributed by atoms with Crippen LogP contribution in [0.1, 0.15) is 46.4 Å². The van der Waals surface area contributed by atoms with Crippen molar-refractivity contribution in [3.05, 3.63) is 64.0 Å². The van der Waals surface area contributed by atoms with Crippen LogP contribution < -0.4 is 5.32 Å². The van der Waals surface area contributed by atoms with Gasteiger partial charge in [0, 0.05) is 22.1 Å². The second-order valence-corrected chi connectivity index (χ2v) is 6.41. The fourth-order valence-electron chi connectivity index (χ4n) is 2.83. The molecule has 3 aromatic rings.